The van der Waals surface area contributed by atoms with E-state index in [0.29, 0.717) is 6.54 Å². The van der Waals surface area contributed by atoms with Gasteiger partial charge in [0.25, 0.3) is 0 Å². The molecule has 1 heterocycles. The number of halogens is 2. The molecule has 1 amide bonds. The van der Waals surface area contributed by atoms with E-state index in [1.165, 1.54) is 11.6 Å². The highest BCUT2D eigenvalue weighted by Gasteiger charge is 2.19. The van der Waals surface area contributed by atoms with E-state index in [4.69, 9.17) is 4.74 Å². The molecule has 1 aliphatic heterocycles. The van der Waals surface area contributed by atoms with Crippen molar-refractivity contribution >= 4 is 5.91 Å². The van der Waals surface area contributed by atoms with Crippen molar-refractivity contribution < 1.29 is 18.3 Å². The Morgan fingerprint density at radius 3 is 2.55 bits per heavy atom. The molecule has 1 unspecified atom stereocenters. The summed E-state index contributed by atoms with van der Waals surface area (Å²) in [4.78, 5) is 12.4. The van der Waals surface area contributed by atoms with E-state index in [0.717, 1.165) is 47.6 Å². The van der Waals surface area contributed by atoms with Crippen molar-refractivity contribution in [1.29, 1.82) is 0 Å². The highest BCUT2D eigenvalue weighted by molar-refractivity contribution is 5.83. The second-order valence-corrected chi connectivity index (χ2v) is 7.22. The molecule has 5 heteroatoms. The molecular formula is C24H21F2NO2. The van der Waals surface area contributed by atoms with Gasteiger partial charge in [-0.3, -0.25) is 4.79 Å². The number of fused-ring (bicyclic) bond motifs is 1. The van der Waals surface area contributed by atoms with Gasteiger partial charge in [0.2, 0.25) is 5.91 Å². The first-order valence-corrected chi connectivity index (χ1v) is 9.59. The third kappa shape index (κ3) is 4.14. The van der Waals surface area contributed by atoms with Crippen LogP contribution in [-0.2, 0) is 17.8 Å². The lowest BCUT2D eigenvalue weighted by Crippen LogP contribution is -2.28. The number of amides is 1. The Morgan fingerprint density at radius 2 is 1.79 bits per heavy atom. The number of carbonyl (C=O) groups excluding carboxylic acids is 1. The Labute approximate surface area is 168 Å². The lowest BCUT2D eigenvalue weighted by atomic mass is 9.99. The van der Waals surface area contributed by atoms with E-state index in [1.807, 2.05) is 36.4 Å². The Bertz CT molecular complexity index is 1050. The van der Waals surface area contributed by atoms with Gasteiger partial charge in [0.05, 0.1) is 12.5 Å². The average molecular weight is 393 g/mol. The zero-order valence-corrected chi connectivity index (χ0v) is 16.0. The van der Waals surface area contributed by atoms with E-state index in [-0.39, 0.29) is 11.5 Å². The van der Waals surface area contributed by atoms with Gasteiger partial charge in [0.1, 0.15) is 17.4 Å². The first-order valence-electron chi connectivity index (χ1n) is 9.59. The minimum Gasteiger partial charge on any atom is -0.493 e. The van der Waals surface area contributed by atoms with Gasteiger partial charge in [0, 0.05) is 24.6 Å². The molecule has 0 saturated heterocycles. The van der Waals surface area contributed by atoms with Crippen LogP contribution in [0.4, 0.5) is 8.78 Å². The second kappa shape index (κ2) is 8.03. The van der Waals surface area contributed by atoms with Gasteiger partial charge in [-0.15, -0.1) is 0 Å². The molecule has 3 nitrogen and oxygen atoms in total. The van der Waals surface area contributed by atoms with Gasteiger partial charge >= 0.3 is 0 Å². The molecule has 1 N–H and O–H groups in total. The average Bonchev–Trinajstić information content (AvgIpc) is 3.20. The molecule has 148 valence electrons. The molecule has 0 radical (unpaired) electrons. The maximum absolute atomic E-state index is 13.9. The third-order valence-electron chi connectivity index (χ3n) is 5.27. The van der Waals surface area contributed by atoms with Crippen molar-refractivity contribution in [2.75, 3.05) is 6.61 Å². The fraction of sp³-hybridized carbons (Fsp3) is 0.208. The van der Waals surface area contributed by atoms with E-state index in [9.17, 15) is 13.6 Å². The number of rotatable bonds is 5. The quantitative estimate of drug-likeness (QED) is 0.663. The van der Waals surface area contributed by atoms with Crippen LogP contribution in [0.25, 0.3) is 11.1 Å². The smallest absolute Gasteiger partial charge is 0.227 e. The summed E-state index contributed by atoms with van der Waals surface area (Å²) < 4.78 is 32.5. The minimum absolute atomic E-state index is 0.180. The first kappa shape index (κ1) is 19.1. The predicted octanol–water partition coefficient (Wildman–Crippen LogP) is 4.99. The van der Waals surface area contributed by atoms with Crippen LogP contribution < -0.4 is 10.1 Å². The molecule has 0 fully saturated rings. The first-order chi connectivity index (χ1) is 14.0. The lowest BCUT2D eigenvalue weighted by Gasteiger charge is -2.14. The fourth-order valence-corrected chi connectivity index (χ4v) is 3.52. The molecule has 0 aliphatic carbocycles. The van der Waals surface area contributed by atoms with Crippen LogP contribution in [0.5, 0.6) is 5.75 Å². The summed E-state index contributed by atoms with van der Waals surface area (Å²) in [5.74, 6) is -1.42. The Morgan fingerprint density at radius 1 is 1.03 bits per heavy atom. The van der Waals surface area contributed by atoms with Crippen LogP contribution in [0.1, 0.15) is 29.5 Å². The predicted molar refractivity (Wildman–Crippen MR) is 108 cm³/mol. The monoisotopic (exact) mass is 393 g/mol. The number of ether oxygens (including phenoxy) is 1. The zero-order valence-electron chi connectivity index (χ0n) is 16.0. The van der Waals surface area contributed by atoms with E-state index < -0.39 is 17.6 Å². The topological polar surface area (TPSA) is 38.3 Å². The summed E-state index contributed by atoms with van der Waals surface area (Å²) in [6.07, 6.45) is 0.931. The number of carbonyl (C=O) groups is 1. The van der Waals surface area contributed by atoms with Gasteiger partial charge in [0.15, 0.2) is 0 Å². The molecule has 3 aromatic carbocycles. The second-order valence-electron chi connectivity index (χ2n) is 7.22. The SMILES string of the molecule is CC(C(=O)NCc1ccc(-c2ccc3c(c2)CCO3)cc1)c1ccc(F)cc1F. The molecule has 0 bridgehead atoms. The standard InChI is InChI=1S/C24H21F2NO2/c1-15(21-8-7-20(25)13-22(21)26)24(28)27-14-16-2-4-17(5-3-16)18-6-9-23-19(12-18)10-11-29-23/h2-9,12-13,15H,10-11,14H2,1H3,(H,27,28). The van der Waals surface area contributed by atoms with Crippen LogP contribution in [-0.4, -0.2) is 12.5 Å². The van der Waals surface area contributed by atoms with Gasteiger partial charge < -0.3 is 10.1 Å². The van der Waals surface area contributed by atoms with E-state index >= 15 is 0 Å². The maximum Gasteiger partial charge on any atom is 0.227 e. The van der Waals surface area contributed by atoms with Crippen molar-refractivity contribution in [2.45, 2.75) is 25.8 Å². The van der Waals surface area contributed by atoms with Gasteiger partial charge in [-0.1, -0.05) is 36.4 Å². The van der Waals surface area contributed by atoms with Crippen LogP contribution in [0, 0.1) is 11.6 Å². The van der Waals surface area contributed by atoms with Crippen LogP contribution in [0.2, 0.25) is 0 Å². The molecule has 4 rings (SSSR count). The summed E-state index contributed by atoms with van der Waals surface area (Å²) in [6, 6.07) is 17.4. The third-order valence-corrected chi connectivity index (χ3v) is 5.27. The maximum atomic E-state index is 13.9. The fourth-order valence-electron chi connectivity index (χ4n) is 3.52. The largest absolute Gasteiger partial charge is 0.493 e. The van der Waals surface area contributed by atoms with Crippen molar-refractivity contribution in [3.05, 3.63) is 89.0 Å². The Kier molecular flexibility index (Phi) is 5.30. The minimum atomic E-state index is -0.711. The number of benzene rings is 3. The van der Waals surface area contributed by atoms with Gasteiger partial charge in [-0.05, 0) is 47.4 Å². The number of hydrogen-bond donors (Lipinski definition) is 1. The highest BCUT2D eigenvalue weighted by Crippen LogP contribution is 2.30. The summed E-state index contributed by atoms with van der Waals surface area (Å²) in [7, 11) is 0. The van der Waals surface area contributed by atoms with Crippen molar-refractivity contribution in [2.24, 2.45) is 0 Å². The molecule has 3 aromatic rings. The van der Waals surface area contributed by atoms with Crippen LogP contribution in [0.15, 0.2) is 60.7 Å². The van der Waals surface area contributed by atoms with Crippen molar-refractivity contribution in [3.63, 3.8) is 0 Å². The lowest BCUT2D eigenvalue weighted by molar-refractivity contribution is -0.122. The number of hydrogen-bond acceptors (Lipinski definition) is 2. The Balaban J connectivity index is 1.39. The normalized spacial score (nSPS) is 13.5. The van der Waals surface area contributed by atoms with Crippen LogP contribution in [0.3, 0.4) is 0 Å². The Hall–Kier alpha value is -3.21. The summed E-state index contributed by atoms with van der Waals surface area (Å²) >= 11 is 0. The summed E-state index contributed by atoms with van der Waals surface area (Å²) in [6.45, 7) is 2.67. The molecule has 0 spiro atoms. The molecule has 1 atom stereocenters. The summed E-state index contributed by atoms with van der Waals surface area (Å²) in [5.41, 5.74) is 4.57. The van der Waals surface area contributed by atoms with Crippen molar-refractivity contribution in [3.8, 4) is 16.9 Å². The summed E-state index contributed by atoms with van der Waals surface area (Å²) in [5, 5.41) is 2.82. The molecule has 0 aromatic heterocycles. The molecule has 0 saturated carbocycles. The number of nitrogens with one attached hydrogen (secondary N) is 1. The highest BCUT2D eigenvalue weighted by atomic mass is 19.1. The van der Waals surface area contributed by atoms with E-state index in [1.54, 1.807) is 6.92 Å². The van der Waals surface area contributed by atoms with Crippen molar-refractivity contribution in [1.82, 2.24) is 5.32 Å². The molecule has 1 aliphatic rings. The molecule has 29 heavy (non-hydrogen) atoms. The van der Waals surface area contributed by atoms with Crippen LogP contribution >= 0.6 is 0 Å². The zero-order chi connectivity index (χ0) is 20.4. The van der Waals surface area contributed by atoms with E-state index in [2.05, 4.69) is 11.4 Å². The van der Waals surface area contributed by atoms with Gasteiger partial charge in [-0.2, -0.15) is 0 Å². The van der Waals surface area contributed by atoms with Gasteiger partial charge in [-0.25, -0.2) is 8.78 Å². The molecular weight excluding hydrogens is 372 g/mol.